The molecular formula is C16H12N2O. The lowest BCUT2D eigenvalue weighted by Gasteiger charge is -2.05. The van der Waals surface area contributed by atoms with Crippen molar-refractivity contribution in [3.8, 4) is 22.8 Å². The van der Waals surface area contributed by atoms with E-state index in [0.717, 1.165) is 11.3 Å². The number of benzene rings is 2. The van der Waals surface area contributed by atoms with Gasteiger partial charge in [0.2, 0.25) is 5.88 Å². The summed E-state index contributed by atoms with van der Waals surface area (Å²) < 4.78 is 5.60. The van der Waals surface area contributed by atoms with Crippen LogP contribution in [0.4, 0.5) is 0 Å². The molecule has 3 heteroatoms. The molecule has 1 aromatic heterocycles. The maximum absolute atomic E-state index is 5.60. The van der Waals surface area contributed by atoms with Gasteiger partial charge < -0.3 is 4.74 Å². The van der Waals surface area contributed by atoms with Crippen molar-refractivity contribution in [2.75, 3.05) is 0 Å². The van der Waals surface area contributed by atoms with Crippen LogP contribution in [0, 0.1) is 0 Å². The summed E-state index contributed by atoms with van der Waals surface area (Å²) in [6, 6.07) is 18.1. The van der Waals surface area contributed by atoms with Gasteiger partial charge in [-0.1, -0.05) is 42.5 Å². The number of rotatable bonds is 3. The maximum Gasteiger partial charge on any atom is 0.237 e. The van der Waals surface area contributed by atoms with Gasteiger partial charge in [0.05, 0.1) is 6.20 Å². The molecule has 0 N–H and O–H groups in total. The zero-order chi connectivity index (χ0) is 12.9. The van der Waals surface area contributed by atoms with E-state index in [1.165, 1.54) is 5.56 Å². The van der Waals surface area contributed by atoms with Crippen molar-refractivity contribution >= 4 is 0 Å². The second-order valence-corrected chi connectivity index (χ2v) is 4.04. The van der Waals surface area contributed by atoms with Gasteiger partial charge in [-0.15, -0.1) is 0 Å². The van der Waals surface area contributed by atoms with Crippen molar-refractivity contribution in [2.45, 2.75) is 0 Å². The zero-order valence-electron chi connectivity index (χ0n) is 10.2. The predicted molar refractivity (Wildman–Crippen MR) is 74.0 cm³/mol. The molecule has 3 rings (SSSR count). The van der Waals surface area contributed by atoms with Crippen LogP contribution in [0.2, 0.25) is 0 Å². The highest BCUT2D eigenvalue weighted by molar-refractivity contribution is 5.63. The average Bonchev–Trinajstić information content (AvgIpc) is 2.50. The lowest BCUT2D eigenvalue weighted by atomic mass is 10.1. The molecule has 2 aromatic carbocycles. The van der Waals surface area contributed by atoms with Gasteiger partial charge >= 0.3 is 0 Å². The van der Waals surface area contributed by atoms with Gasteiger partial charge in [-0.05, 0) is 23.3 Å². The van der Waals surface area contributed by atoms with Gasteiger partial charge in [0.25, 0.3) is 0 Å². The highest BCUT2D eigenvalue weighted by Crippen LogP contribution is 2.24. The van der Waals surface area contributed by atoms with Crippen molar-refractivity contribution < 1.29 is 4.74 Å². The summed E-state index contributed by atoms with van der Waals surface area (Å²) in [4.78, 5) is 8.03. The Labute approximate surface area is 111 Å². The van der Waals surface area contributed by atoms with E-state index in [1.807, 2.05) is 42.5 Å². The van der Waals surface area contributed by atoms with E-state index in [4.69, 9.17) is 4.74 Å². The summed E-state index contributed by atoms with van der Waals surface area (Å²) in [7, 11) is 0. The molecule has 19 heavy (non-hydrogen) atoms. The molecule has 1 heterocycles. The third kappa shape index (κ3) is 2.77. The van der Waals surface area contributed by atoms with Gasteiger partial charge in [0, 0.05) is 12.4 Å². The molecule has 0 saturated heterocycles. The molecule has 0 spiro atoms. The fourth-order valence-corrected chi connectivity index (χ4v) is 1.80. The molecule has 0 atom stereocenters. The quantitative estimate of drug-likeness (QED) is 0.704. The molecule has 0 aliphatic carbocycles. The molecular weight excluding hydrogens is 236 g/mol. The largest absolute Gasteiger partial charge is 0.438 e. The van der Waals surface area contributed by atoms with Gasteiger partial charge in [-0.2, -0.15) is 0 Å². The molecule has 0 aliphatic rings. The summed E-state index contributed by atoms with van der Waals surface area (Å²) in [5.41, 5.74) is 2.35. The minimum atomic E-state index is 0.495. The van der Waals surface area contributed by atoms with E-state index in [2.05, 4.69) is 22.1 Å². The minimum absolute atomic E-state index is 0.495. The molecule has 0 bridgehead atoms. The van der Waals surface area contributed by atoms with Gasteiger partial charge in [-0.3, -0.25) is 4.98 Å². The fraction of sp³-hybridized carbons (Fsp3) is 0. The van der Waals surface area contributed by atoms with Crippen molar-refractivity contribution in [1.82, 2.24) is 9.97 Å². The van der Waals surface area contributed by atoms with E-state index in [0.29, 0.717) is 5.88 Å². The van der Waals surface area contributed by atoms with Crippen molar-refractivity contribution in [3.63, 3.8) is 0 Å². The SMILES string of the molecule is c1ccc(-c2ccc(Oc3cnccn3)cc2)cc1. The Morgan fingerprint density at radius 2 is 1.47 bits per heavy atom. The van der Waals surface area contributed by atoms with Gasteiger partial charge in [-0.25, -0.2) is 4.98 Å². The Bertz CT molecular complexity index is 637. The van der Waals surface area contributed by atoms with E-state index >= 15 is 0 Å². The first-order valence-electron chi connectivity index (χ1n) is 6.01. The van der Waals surface area contributed by atoms with Crippen LogP contribution in [0.5, 0.6) is 11.6 Å². The maximum atomic E-state index is 5.60. The standard InChI is InChI=1S/C16H12N2O/c1-2-4-13(5-3-1)14-6-8-15(9-7-14)19-16-12-17-10-11-18-16/h1-12H. The van der Waals surface area contributed by atoms with Crippen molar-refractivity contribution in [2.24, 2.45) is 0 Å². The Hall–Kier alpha value is -2.68. The first-order chi connectivity index (χ1) is 9.42. The van der Waals surface area contributed by atoms with Crippen LogP contribution in [0.1, 0.15) is 0 Å². The number of ether oxygens (including phenoxy) is 1. The Balaban J connectivity index is 1.80. The van der Waals surface area contributed by atoms with E-state index in [9.17, 15) is 0 Å². The van der Waals surface area contributed by atoms with Crippen LogP contribution in [0.3, 0.4) is 0 Å². The van der Waals surface area contributed by atoms with E-state index in [-0.39, 0.29) is 0 Å². The number of hydrogen-bond acceptors (Lipinski definition) is 3. The fourth-order valence-electron chi connectivity index (χ4n) is 1.80. The highest BCUT2D eigenvalue weighted by atomic mass is 16.5. The lowest BCUT2D eigenvalue weighted by Crippen LogP contribution is -1.88. The third-order valence-corrected chi connectivity index (χ3v) is 2.72. The van der Waals surface area contributed by atoms with Crippen LogP contribution in [-0.4, -0.2) is 9.97 Å². The number of hydrogen-bond donors (Lipinski definition) is 0. The van der Waals surface area contributed by atoms with Gasteiger partial charge in [0.1, 0.15) is 5.75 Å². The molecule has 3 aromatic rings. The molecule has 0 radical (unpaired) electrons. The second-order valence-electron chi connectivity index (χ2n) is 4.04. The van der Waals surface area contributed by atoms with Crippen LogP contribution < -0.4 is 4.74 Å². The Morgan fingerprint density at radius 3 is 2.16 bits per heavy atom. The summed E-state index contributed by atoms with van der Waals surface area (Å²) in [5, 5.41) is 0. The minimum Gasteiger partial charge on any atom is -0.438 e. The Kier molecular flexibility index (Phi) is 3.19. The summed E-state index contributed by atoms with van der Waals surface area (Å²) >= 11 is 0. The molecule has 0 saturated carbocycles. The third-order valence-electron chi connectivity index (χ3n) is 2.72. The summed E-state index contributed by atoms with van der Waals surface area (Å²) in [6.07, 6.45) is 4.81. The predicted octanol–water partition coefficient (Wildman–Crippen LogP) is 3.94. The lowest BCUT2D eigenvalue weighted by molar-refractivity contribution is 0.460. The average molecular weight is 248 g/mol. The molecule has 3 nitrogen and oxygen atoms in total. The topological polar surface area (TPSA) is 35.0 Å². The van der Waals surface area contributed by atoms with Crippen molar-refractivity contribution in [1.29, 1.82) is 0 Å². The van der Waals surface area contributed by atoms with E-state index in [1.54, 1.807) is 18.6 Å². The van der Waals surface area contributed by atoms with E-state index < -0.39 is 0 Å². The molecule has 0 fully saturated rings. The highest BCUT2D eigenvalue weighted by Gasteiger charge is 2.00. The van der Waals surface area contributed by atoms with Crippen LogP contribution >= 0.6 is 0 Å². The van der Waals surface area contributed by atoms with Gasteiger partial charge in [0.15, 0.2) is 0 Å². The number of aromatic nitrogens is 2. The first-order valence-corrected chi connectivity index (χ1v) is 6.01. The zero-order valence-corrected chi connectivity index (χ0v) is 10.2. The Morgan fingerprint density at radius 1 is 0.737 bits per heavy atom. The molecule has 0 amide bonds. The number of nitrogens with zero attached hydrogens (tertiary/aromatic N) is 2. The van der Waals surface area contributed by atoms with Crippen LogP contribution in [0.15, 0.2) is 73.2 Å². The van der Waals surface area contributed by atoms with Crippen LogP contribution in [0.25, 0.3) is 11.1 Å². The van der Waals surface area contributed by atoms with Crippen LogP contribution in [-0.2, 0) is 0 Å². The monoisotopic (exact) mass is 248 g/mol. The van der Waals surface area contributed by atoms with Crippen molar-refractivity contribution in [3.05, 3.63) is 73.2 Å². The normalized spacial score (nSPS) is 10.1. The second kappa shape index (κ2) is 5.31. The summed E-state index contributed by atoms with van der Waals surface area (Å²) in [5.74, 6) is 1.25. The smallest absolute Gasteiger partial charge is 0.237 e. The first kappa shape index (κ1) is 11.4. The summed E-state index contributed by atoms with van der Waals surface area (Å²) in [6.45, 7) is 0. The molecule has 0 unspecified atom stereocenters. The molecule has 0 aliphatic heterocycles. The molecule has 92 valence electrons.